The van der Waals surface area contributed by atoms with E-state index in [0.717, 1.165) is 17.5 Å². The Labute approximate surface area is 211 Å². The molecule has 1 aliphatic heterocycles. The molecular formula is C31H30O5. The summed E-state index contributed by atoms with van der Waals surface area (Å²) in [4.78, 5) is 24.9. The molecule has 0 radical (unpaired) electrons. The van der Waals surface area contributed by atoms with Gasteiger partial charge in [-0.15, -0.1) is 0 Å². The van der Waals surface area contributed by atoms with Crippen molar-refractivity contribution in [1.29, 1.82) is 0 Å². The van der Waals surface area contributed by atoms with Gasteiger partial charge in [0.15, 0.2) is 0 Å². The lowest BCUT2D eigenvalue weighted by Gasteiger charge is -2.20. The summed E-state index contributed by atoms with van der Waals surface area (Å²) in [6.45, 7) is 0. The van der Waals surface area contributed by atoms with Gasteiger partial charge in [0, 0.05) is 18.3 Å². The molecule has 2 fully saturated rings. The van der Waals surface area contributed by atoms with Crippen molar-refractivity contribution in [3.63, 3.8) is 0 Å². The summed E-state index contributed by atoms with van der Waals surface area (Å²) < 4.78 is 11.4. The monoisotopic (exact) mass is 482 g/mol. The van der Waals surface area contributed by atoms with Crippen molar-refractivity contribution in [2.24, 2.45) is 11.8 Å². The number of esters is 2. The predicted molar refractivity (Wildman–Crippen MR) is 137 cm³/mol. The molecule has 5 heteroatoms. The number of aryl methyl sites for hydroxylation is 1. The maximum absolute atomic E-state index is 13.0. The Morgan fingerprint density at radius 2 is 1.64 bits per heavy atom. The van der Waals surface area contributed by atoms with Gasteiger partial charge < -0.3 is 14.6 Å². The molecule has 0 spiro atoms. The van der Waals surface area contributed by atoms with Crippen molar-refractivity contribution in [3.8, 4) is 11.1 Å². The largest absolute Gasteiger partial charge is 0.462 e. The molecule has 0 amide bonds. The number of carbonyl (C=O) groups excluding carboxylic acids is 2. The molecule has 5 atom stereocenters. The smallest absolute Gasteiger partial charge is 0.338 e. The maximum atomic E-state index is 13.0. The van der Waals surface area contributed by atoms with Crippen LogP contribution in [0, 0.1) is 11.8 Å². The molecule has 1 aliphatic carbocycles. The molecule has 184 valence electrons. The van der Waals surface area contributed by atoms with E-state index in [4.69, 9.17) is 9.47 Å². The summed E-state index contributed by atoms with van der Waals surface area (Å²) in [6, 6.07) is 27.4. The Balaban J connectivity index is 1.24. The SMILES string of the molecule is O=C1C[C@@H]2[C@@H](/C=C/C(O)CCc3ccccc3)[C@H](OC(=O)c3ccc(-c4ccccc4)cc3)C[C@@H]2O1. The number of aliphatic hydroxyl groups excluding tert-OH is 1. The van der Waals surface area contributed by atoms with Crippen LogP contribution in [0.15, 0.2) is 97.1 Å². The Hall–Kier alpha value is -3.70. The van der Waals surface area contributed by atoms with E-state index in [-0.39, 0.29) is 23.9 Å². The van der Waals surface area contributed by atoms with Gasteiger partial charge in [0.1, 0.15) is 12.2 Å². The third-order valence-electron chi connectivity index (χ3n) is 7.16. The third kappa shape index (κ3) is 5.58. The standard InChI is InChI=1S/C31H30O5/c32-25(16-11-21-7-3-1-4-8-21)17-18-26-27-19-30(33)35-29(27)20-28(26)36-31(34)24-14-12-23(13-15-24)22-9-5-2-6-10-22/h1-10,12-15,17-18,25-29,32H,11,16,19-20H2/b18-17+/t25?,26-,27-,28-,29+/m1/s1. The number of ether oxygens (including phenoxy) is 2. The first kappa shape index (κ1) is 24.0. The molecule has 0 bridgehead atoms. The van der Waals surface area contributed by atoms with Gasteiger partial charge >= 0.3 is 11.9 Å². The van der Waals surface area contributed by atoms with Gasteiger partial charge in [-0.05, 0) is 41.7 Å². The molecule has 1 saturated carbocycles. The summed E-state index contributed by atoms with van der Waals surface area (Å²) in [5.74, 6) is -0.836. The number of hydrogen-bond donors (Lipinski definition) is 1. The molecule has 5 rings (SSSR count). The first-order chi connectivity index (χ1) is 17.6. The number of benzene rings is 3. The Kier molecular flexibility index (Phi) is 7.28. The fourth-order valence-corrected chi connectivity index (χ4v) is 5.24. The zero-order valence-electron chi connectivity index (χ0n) is 20.0. The van der Waals surface area contributed by atoms with E-state index in [9.17, 15) is 14.7 Å². The minimum absolute atomic E-state index is 0.0478. The van der Waals surface area contributed by atoms with Gasteiger partial charge in [0.2, 0.25) is 0 Å². The summed E-state index contributed by atoms with van der Waals surface area (Å²) in [6.07, 6.45) is 4.53. The zero-order chi connectivity index (χ0) is 24.9. The van der Waals surface area contributed by atoms with E-state index in [1.165, 1.54) is 5.56 Å². The van der Waals surface area contributed by atoms with Crippen LogP contribution in [0.4, 0.5) is 0 Å². The van der Waals surface area contributed by atoms with Crippen molar-refractivity contribution in [2.45, 2.75) is 44.0 Å². The molecule has 5 nitrogen and oxygen atoms in total. The number of hydrogen-bond acceptors (Lipinski definition) is 5. The molecule has 1 heterocycles. The van der Waals surface area contributed by atoms with E-state index in [2.05, 4.69) is 0 Å². The Morgan fingerprint density at radius 3 is 2.36 bits per heavy atom. The Morgan fingerprint density at radius 1 is 0.972 bits per heavy atom. The third-order valence-corrected chi connectivity index (χ3v) is 7.16. The first-order valence-electron chi connectivity index (χ1n) is 12.5. The molecule has 3 aromatic carbocycles. The fraction of sp³-hybridized carbons (Fsp3) is 0.290. The van der Waals surface area contributed by atoms with Crippen molar-refractivity contribution < 1.29 is 24.2 Å². The van der Waals surface area contributed by atoms with Gasteiger partial charge in [-0.3, -0.25) is 4.79 Å². The van der Waals surface area contributed by atoms with E-state index >= 15 is 0 Å². The van der Waals surface area contributed by atoms with Crippen molar-refractivity contribution in [3.05, 3.63) is 108 Å². The van der Waals surface area contributed by atoms with Crippen LogP contribution in [-0.4, -0.2) is 35.4 Å². The molecular weight excluding hydrogens is 452 g/mol. The molecule has 1 N–H and O–H groups in total. The second-order valence-electron chi connectivity index (χ2n) is 9.57. The molecule has 36 heavy (non-hydrogen) atoms. The van der Waals surface area contributed by atoms with Crippen LogP contribution >= 0.6 is 0 Å². The highest BCUT2D eigenvalue weighted by atomic mass is 16.6. The molecule has 1 unspecified atom stereocenters. The summed E-state index contributed by atoms with van der Waals surface area (Å²) >= 11 is 0. The number of carbonyl (C=O) groups is 2. The van der Waals surface area contributed by atoms with Crippen LogP contribution in [0.5, 0.6) is 0 Å². The van der Waals surface area contributed by atoms with Crippen LogP contribution in [0.25, 0.3) is 11.1 Å². The highest BCUT2D eigenvalue weighted by Gasteiger charge is 2.50. The lowest BCUT2D eigenvalue weighted by molar-refractivity contribution is -0.141. The Bertz CT molecular complexity index is 1200. The van der Waals surface area contributed by atoms with Crippen molar-refractivity contribution >= 4 is 11.9 Å². The number of rotatable bonds is 8. The summed E-state index contributed by atoms with van der Waals surface area (Å²) in [5.41, 5.74) is 3.76. The van der Waals surface area contributed by atoms with Crippen LogP contribution in [0.2, 0.25) is 0 Å². The fourth-order valence-electron chi connectivity index (χ4n) is 5.24. The molecule has 0 aromatic heterocycles. The number of fused-ring (bicyclic) bond motifs is 1. The normalized spacial score (nSPS) is 23.9. The topological polar surface area (TPSA) is 72.8 Å². The van der Waals surface area contributed by atoms with Gasteiger partial charge in [0.05, 0.1) is 18.1 Å². The van der Waals surface area contributed by atoms with E-state index in [1.807, 2.05) is 78.9 Å². The lowest BCUT2D eigenvalue weighted by Crippen LogP contribution is -2.25. The molecule has 3 aromatic rings. The van der Waals surface area contributed by atoms with Crippen LogP contribution in [0.1, 0.15) is 35.2 Å². The van der Waals surface area contributed by atoms with Crippen molar-refractivity contribution in [1.82, 2.24) is 0 Å². The van der Waals surface area contributed by atoms with Crippen molar-refractivity contribution in [2.75, 3.05) is 0 Å². The van der Waals surface area contributed by atoms with Gasteiger partial charge in [-0.25, -0.2) is 4.79 Å². The van der Waals surface area contributed by atoms with Crippen LogP contribution in [-0.2, 0) is 20.7 Å². The highest BCUT2D eigenvalue weighted by molar-refractivity contribution is 5.90. The first-order valence-corrected chi connectivity index (χ1v) is 12.5. The van der Waals surface area contributed by atoms with E-state index < -0.39 is 18.2 Å². The lowest BCUT2D eigenvalue weighted by atomic mass is 9.91. The van der Waals surface area contributed by atoms with Gasteiger partial charge in [-0.2, -0.15) is 0 Å². The highest BCUT2D eigenvalue weighted by Crippen LogP contribution is 2.43. The minimum atomic E-state index is -0.621. The average molecular weight is 483 g/mol. The predicted octanol–water partition coefficient (Wildman–Crippen LogP) is 5.38. The second kappa shape index (κ2) is 10.9. The van der Waals surface area contributed by atoms with Crippen LogP contribution < -0.4 is 0 Å². The quantitative estimate of drug-likeness (QED) is 0.345. The minimum Gasteiger partial charge on any atom is -0.462 e. The maximum Gasteiger partial charge on any atom is 0.338 e. The second-order valence-corrected chi connectivity index (χ2v) is 9.57. The zero-order valence-corrected chi connectivity index (χ0v) is 20.0. The summed E-state index contributed by atoms with van der Waals surface area (Å²) in [5, 5.41) is 10.5. The number of aliphatic hydroxyl groups is 1. The molecule has 2 aliphatic rings. The van der Waals surface area contributed by atoms with Crippen LogP contribution in [0.3, 0.4) is 0 Å². The summed E-state index contributed by atoms with van der Waals surface area (Å²) in [7, 11) is 0. The molecule has 1 saturated heterocycles. The van der Waals surface area contributed by atoms with E-state index in [0.29, 0.717) is 24.8 Å². The average Bonchev–Trinajstić information content (AvgIpc) is 3.42. The van der Waals surface area contributed by atoms with Gasteiger partial charge in [0.25, 0.3) is 0 Å². The van der Waals surface area contributed by atoms with E-state index in [1.54, 1.807) is 18.2 Å². The van der Waals surface area contributed by atoms with Gasteiger partial charge in [-0.1, -0.05) is 84.9 Å².